The lowest BCUT2D eigenvalue weighted by atomic mass is 9.78. The number of hydrogen-bond acceptors (Lipinski definition) is 6. The smallest absolute Gasteiger partial charge is 0.331 e. The maximum absolute atomic E-state index is 16.1. The number of fused-ring (bicyclic) bond motifs is 3. The van der Waals surface area contributed by atoms with Crippen LogP contribution in [-0.4, -0.2) is 39.3 Å². The molecule has 0 bridgehead atoms. The number of benzene rings is 4. The Hall–Kier alpha value is -4.93. The molecule has 50 heavy (non-hydrogen) atoms. The predicted molar refractivity (Wildman–Crippen MR) is 194 cm³/mol. The zero-order valence-electron chi connectivity index (χ0n) is 28.4. The van der Waals surface area contributed by atoms with Gasteiger partial charge in [0.15, 0.2) is 9.92 Å². The summed E-state index contributed by atoms with van der Waals surface area (Å²) in [4.78, 5) is 14.6. The molecule has 0 saturated carbocycles. The standard InChI is InChI=1S/C40H41N5O4S/c1-39(48-2)26-45-37(49-27-39)35(25-41-45)50(47,43-38(46)42-36-33-22-12-14-28(33)24-29-15-13-23-34(29)36)44-40(30-16-6-3-7-17-30,31-18-8-4-9-19-31)32-20-10-5-11-21-32/h3-11,16-21,24-25H,12-15,22-23,26-27H2,1-2H3,(H2,42,43,44,46,47)/t39-,50?/m0/s1. The first-order valence-corrected chi connectivity index (χ1v) is 18.8. The largest absolute Gasteiger partial charge is 0.474 e. The molecule has 4 aromatic carbocycles. The number of methoxy groups -OCH3 is 1. The van der Waals surface area contributed by atoms with Crippen molar-refractivity contribution in [2.75, 3.05) is 19.0 Å². The molecule has 2 aliphatic carbocycles. The molecule has 2 heterocycles. The summed E-state index contributed by atoms with van der Waals surface area (Å²) in [7, 11) is -2.21. The highest BCUT2D eigenvalue weighted by Gasteiger charge is 2.42. The fourth-order valence-electron chi connectivity index (χ4n) is 7.76. The molecule has 2 atom stereocenters. The SMILES string of the molecule is CO[C@]1(C)COc2c(S(=O)(=NC(c3ccccc3)(c3ccccc3)c3ccccc3)NC(=O)Nc3c4c(cc5c3CCC5)CCC4)cnn2C1. The van der Waals surface area contributed by atoms with Crippen molar-refractivity contribution in [3.63, 3.8) is 0 Å². The van der Waals surface area contributed by atoms with Gasteiger partial charge in [-0.25, -0.2) is 18.4 Å². The minimum atomic E-state index is -3.85. The van der Waals surface area contributed by atoms with Crippen molar-refractivity contribution in [2.45, 2.75) is 68.0 Å². The van der Waals surface area contributed by atoms with E-state index in [9.17, 15) is 4.79 Å². The van der Waals surface area contributed by atoms with Gasteiger partial charge in [-0.15, -0.1) is 0 Å². The topological polar surface area (TPSA) is 107 Å². The first-order valence-electron chi connectivity index (χ1n) is 17.3. The third-order valence-corrected chi connectivity index (χ3v) is 12.2. The number of aromatic nitrogens is 2. The summed E-state index contributed by atoms with van der Waals surface area (Å²) in [5.41, 5.74) is 6.26. The van der Waals surface area contributed by atoms with Gasteiger partial charge < -0.3 is 14.8 Å². The molecule has 5 aromatic rings. The fraction of sp³-hybridized carbons (Fsp3) is 0.300. The van der Waals surface area contributed by atoms with Crippen molar-refractivity contribution in [1.29, 1.82) is 0 Å². The fourth-order valence-corrected chi connectivity index (χ4v) is 9.61. The zero-order chi connectivity index (χ0) is 34.3. The monoisotopic (exact) mass is 687 g/mol. The molecule has 3 aliphatic rings. The number of hydrogen-bond donors (Lipinski definition) is 2. The van der Waals surface area contributed by atoms with E-state index >= 15 is 4.21 Å². The normalized spacial score (nSPS) is 19.0. The van der Waals surface area contributed by atoms with Crippen LogP contribution in [0.1, 0.15) is 58.7 Å². The Morgan fingerprint density at radius 2 is 1.42 bits per heavy atom. The molecule has 0 spiro atoms. The first kappa shape index (κ1) is 32.3. The molecule has 1 aromatic heterocycles. The van der Waals surface area contributed by atoms with E-state index in [2.05, 4.69) is 21.2 Å². The van der Waals surface area contributed by atoms with Gasteiger partial charge in [0, 0.05) is 12.8 Å². The Balaban J connectivity index is 1.34. The van der Waals surface area contributed by atoms with Gasteiger partial charge in [-0.1, -0.05) is 97.1 Å². The van der Waals surface area contributed by atoms with Crippen molar-refractivity contribution in [3.05, 3.63) is 142 Å². The minimum absolute atomic E-state index is 0.196. The molecule has 2 amide bonds. The highest BCUT2D eigenvalue weighted by Crippen LogP contribution is 2.44. The minimum Gasteiger partial charge on any atom is -0.474 e. The summed E-state index contributed by atoms with van der Waals surface area (Å²) < 4.78 is 38.0. The number of nitrogens with one attached hydrogen (secondary N) is 2. The van der Waals surface area contributed by atoms with E-state index in [0.29, 0.717) is 6.54 Å². The van der Waals surface area contributed by atoms with E-state index in [-0.39, 0.29) is 17.4 Å². The Labute approximate surface area is 293 Å². The van der Waals surface area contributed by atoms with Crippen molar-refractivity contribution in [1.82, 2.24) is 14.5 Å². The van der Waals surface area contributed by atoms with Crippen LogP contribution in [0.4, 0.5) is 10.5 Å². The van der Waals surface area contributed by atoms with Crippen molar-refractivity contribution >= 4 is 21.6 Å². The van der Waals surface area contributed by atoms with E-state index in [1.165, 1.54) is 28.5 Å². The molecular formula is C40H41N5O4S. The number of aryl methyl sites for hydroxylation is 2. The number of ether oxygens (including phenoxy) is 2. The quantitative estimate of drug-likeness (QED) is 0.168. The van der Waals surface area contributed by atoms with E-state index in [1.807, 2.05) is 97.9 Å². The maximum atomic E-state index is 16.1. The van der Waals surface area contributed by atoms with Crippen LogP contribution in [0.5, 0.6) is 5.88 Å². The summed E-state index contributed by atoms with van der Waals surface area (Å²) in [6.07, 6.45) is 7.41. The van der Waals surface area contributed by atoms with Crippen LogP contribution in [0.25, 0.3) is 0 Å². The second kappa shape index (κ2) is 12.8. The van der Waals surface area contributed by atoms with Crippen LogP contribution in [0.2, 0.25) is 0 Å². The lowest BCUT2D eigenvalue weighted by Crippen LogP contribution is -2.44. The summed E-state index contributed by atoms with van der Waals surface area (Å²) >= 11 is 0. The average Bonchev–Trinajstić information content (AvgIpc) is 3.92. The predicted octanol–water partition coefficient (Wildman–Crippen LogP) is 7.21. The molecule has 1 aliphatic heterocycles. The molecule has 256 valence electrons. The zero-order valence-corrected chi connectivity index (χ0v) is 29.2. The summed E-state index contributed by atoms with van der Waals surface area (Å²) in [5, 5.41) is 7.79. The van der Waals surface area contributed by atoms with Crippen LogP contribution in [0.15, 0.2) is 113 Å². The molecule has 0 saturated heterocycles. The molecule has 2 N–H and O–H groups in total. The molecule has 10 heteroatoms. The summed E-state index contributed by atoms with van der Waals surface area (Å²) in [5.74, 6) is 0.290. The molecule has 1 unspecified atom stereocenters. The average molecular weight is 688 g/mol. The Bertz CT molecular complexity index is 2050. The first-order chi connectivity index (χ1) is 24.3. The Kier molecular flexibility index (Phi) is 8.23. The molecule has 0 radical (unpaired) electrons. The number of urea groups is 1. The maximum Gasteiger partial charge on any atom is 0.331 e. The number of amides is 2. The Morgan fingerprint density at radius 1 is 0.880 bits per heavy atom. The van der Waals surface area contributed by atoms with Crippen molar-refractivity contribution in [2.24, 2.45) is 4.36 Å². The number of carbonyl (C=O) groups excluding carboxylic acids is 1. The molecule has 9 nitrogen and oxygen atoms in total. The number of anilines is 1. The van der Waals surface area contributed by atoms with Crippen LogP contribution < -0.4 is 14.8 Å². The Morgan fingerprint density at radius 3 is 1.94 bits per heavy atom. The van der Waals surface area contributed by atoms with Gasteiger partial charge in [-0.2, -0.15) is 9.46 Å². The third-order valence-electron chi connectivity index (χ3n) is 10.3. The summed E-state index contributed by atoms with van der Waals surface area (Å²) in [6, 6.07) is 31.1. The lowest BCUT2D eigenvalue weighted by Gasteiger charge is -2.34. The van der Waals surface area contributed by atoms with Crippen LogP contribution in [-0.2, 0) is 52.4 Å². The van der Waals surface area contributed by atoms with Gasteiger partial charge in [-0.05, 0) is 84.4 Å². The van der Waals surface area contributed by atoms with Crippen LogP contribution in [0.3, 0.4) is 0 Å². The van der Waals surface area contributed by atoms with Crippen LogP contribution >= 0.6 is 0 Å². The second-order valence-electron chi connectivity index (χ2n) is 13.6. The number of nitrogens with zero attached hydrogens (tertiary/aromatic N) is 3. The van der Waals surface area contributed by atoms with Gasteiger partial charge in [-0.3, -0.25) is 0 Å². The molecule has 0 fully saturated rings. The van der Waals surface area contributed by atoms with Gasteiger partial charge in [0.05, 0.1) is 12.7 Å². The highest BCUT2D eigenvalue weighted by atomic mass is 32.2. The van der Waals surface area contributed by atoms with E-state index < -0.39 is 27.1 Å². The number of rotatable bonds is 8. The second-order valence-corrected chi connectivity index (χ2v) is 15.5. The van der Waals surface area contributed by atoms with Gasteiger partial charge >= 0.3 is 6.03 Å². The number of carbonyl (C=O) groups is 1. The van der Waals surface area contributed by atoms with Gasteiger partial charge in [0.1, 0.15) is 22.6 Å². The highest BCUT2D eigenvalue weighted by molar-refractivity contribution is 7.92. The van der Waals surface area contributed by atoms with E-state index in [1.54, 1.807) is 11.8 Å². The molecule has 8 rings (SSSR count). The molecular weight excluding hydrogens is 647 g/mol. The third kappa shape index (κ3) is 5.56. The van der Waals surface area contributed by atoms with Crippen LogP contribution in [0, 0.1) is 0 Å². The van der Waals surface area contributed by atoms with Crippen molar-refractivity contribution < 1.29 is 18.5 Å². The van der Waals surface area contributed by atoms with Gasteiger partial charge in [0.2, 0.25) is 5.88 Å². The van der Waals surface area contributed by atoms with Crippen molar-refractivity contribution in [3.8, 4) is 5.88 Å². The van der Waals surface area contributed by atoms with E-state index in [0.717, 1.165) is 60.9 Å². The summed E-state index contributed by atoms with van der Waals surface area (Å²) in [6.45, 7) is 2.53. The lowest BCUT2D eigenvalue weighted by molar-refractivity contribution is -0.0654. The van der Waals surface area contributed by atoms with E-state index in [4.69, 9.17) is 13.8 Å². The van der Waals surface area contributed by atoms with Gasteiger partial charge in [0.25, 0.3) is 0 Å².